The highest BCUT2D eigenvalue weighted by atomic mass is 79.9. The number of carbonyl (C=O) groups excluding carboxylic acids is 3. The van der Waals surface area contributed by atoms with Crippen molar-refractivity contribution in [2.45, 2.75) is 205 Å². The van der Waals surface area contributed by atoms with Crippen LogP contribution >= 0.6 is 15.9 Å². The van der Waals surface area contributed by atoms with Crippen LogP contribution in [0.4, 0.5) is 0 Å². The van der Waals surface area contributed by atoms with Gasteiger partial charge in [0.1, 0.15) is 12.7 Å². The van der Waals surface area contributed by atoms with Gasteiger partial charge in [-0.1, -0.05) is 190 Å². The molecule has 0 aromatic carbocycles. The summed E-state index contributed by atoms with van der Waals surface area (Å²) >= 11 is 3.15. The van der Waals surface area contributed by atoms with Gasteiger partial charge in [0.2, 0.25) is 5.78 Å². The van der Waals surface area contributed by atoms with Crippen LogP contribution in [0.25, 0.3) is 0 Å². The number of esters is 1. The van der Waals surface area contributed by atoms with Crippen LogP contribution in [0.2, 0.25) is 0 Å². The van der Waals surface area contributed by atoms with Gasteiger partial charge in [0, 0.05) is 11.8 Å². The molecule has 0 rings (SSSR count). The second kappa shape index (κ2) is 30.8. The van der Waals surface area contributed by atoms with Crippen LogP contribution in [0.15, 0.2) is 0 Å². The Morgan fingerprint density at radius 2 is 0.932 bits per heavy atom. The molecule has 0 heterocycles. The van der Waals surface area contributed by atoms with E-state index in [4.69, 9.17) is 4.74 Å². The normalized spacial score (nSPS) is 13.5. The predicted octanol–water partition coefficient (Wildman–Crippen LogP) is 10.1. The fourth-order valence-electron chi connectivity index (χ4n) is 5.80. The predicted molar refractivity (Wildman–Crippen MR) is 186 cm³/mol. The molecule has 2 N–H and O–H groups in total. The van der Waals surface area contributed by atoms with Crippen molar-refractivity contribution in [1.29, 1.82) is 0 Å². The van der Waals surface area contributed by atoms with Gasteiger partial charge in [0.05, 0.1) is 0 Å². The zero-order valence-electron chi connectivity index (χ0n) is 28.7. The SMILES string of the molecule is CCCCCCCCCCCCCCCC(=O)C(O)(C(=O)OCCBr)C(=O)C(O)CCCCCCCCCCCCCCC. The zero-order chi connectivity index (χ0) is 32.7. The molecular formula is C37H69BrO6. The topological polar surface area (TPSA) is 101 Å². The molecule has 0 aliphatic rings. The Labute approximate surface area is 279 Å². The highest BCUT2D eigenvalue weighted by Crippen LogP contribution is 2.22. The maximum atomic E-state index is 13.1. The third-order valence-corrected chi connectivity index (χ3v) is 9.08. The summed E-state index contributed by atoms with van der Waals surface area (Å²) in [6.07, 6.45) is 28.8. The lowest BCUT2D eigenvalue weighted by Crippen LogP contribution is -2.58. The number of alkyl halides is 1. The molecule has 0 saturated carbocycles. The van der Waals surface area contributed by atoms with E-state index in [1.807, 2.05) is 0 Å². The summed E-state index contributed by atoms with van der Waals surface area (Å²) < 4.78 is 5.00. The molecule has 44 heavy (non-hydrogen) atoms. The Morgan fingerprint density at radius 3 is 1.30 bits per heavy atom. The lowest BCUT2D eigenvalue weighted by molar-refractivity contribution is -0.177. The van der Waals surface area contributed by atoms with E-state index >= 15 is 0 Å². The number of ether oxygens (including phenoxy) is 1. The molecule has 0 bridgehead atoms. The second-order valence-corrected chi connectivity index (χ2v) is 13.7. The molecule has 260 valence electrons. The van der Waals surface area contributed by atoms with Crippen molar-refractivity contribution in [2.24, 2.45) is 0 Å². The molecule has 6 nitrogen and oxygen atoms in total. The first-order valence-corrected chi connectivity index (χ1v) is 19.7. The van der Waals surface area contributed by atoms with Crippen LogP contribution in [-0.2, 0) is 19.1 Å². The summed E-state index contributed by atoms with van der Waals surface area (Å²) in [7, 11) is 0. The summed E-state index contributed by atoms with van der Waals surface area (Å²) in [6, 6.07) is 0. The van der Waals surface area contributed by atoms with E-state index in [0.29, 0.717) is 18.2 Å². The number of hydrogen-bond acceptors (Lipinski definition) is 6. The van der Waals surface area contributed by atoms with Crippen LogP contribution in [0.5, 0.6) is 0 Å². The molecule has 0 spiro atoms. The first-order valence-electron chi connectivity index (χ1n) is 18.6. The van der Waals surface area contributed by atoms with E-state index in [2.05, 4.69) is 29.8 Å². The molecule has 0 aromatic heterocycles. The summed E-state index contributed by atoms with van der Waals surface area (Å²) in [5.74, 6) is -3.28. The van der Waals surface area contributed by atoms with Gasteiger partial charge in [-0.3, -0.25) is 9.59 Å². The smallest absolute Gasteiger partial charge is 0.354 e. The van der Waals surface area contributed by atoms with Crippen molar-refractivity contribution < 1.29 is 29.3 Å². The standard InChI is InChI=1S/C37H69BrO6/c1-3-5-7-9-11-13-15-17-19-21-23-25-27-29-33(39)35(41)37(43,36(42)44-32-31-38)34(40)30-28-26-24-22-20-18-16-14-12-10-8-6-4-2/h33,39,43H,3-32H2,1-2H3. The monoisotopic (exact) mass is 688 g/mol. The lowest BCUT2D eigenvalue weighted by Gasteiger charge is -2.25. The van der Waals surface area contributed by atoms with Crippen LogP contribution in [0, 0.1) is 0 Å². The average Bonchev–Trinajstić information content (AvgIpc) is 3.03. The molecule has 2 atom stereocenters. The van der Waals surface area contributed by atoms with Crippen LogP contribution in [0.1, 0.15) is 194 Å². The molecule has 0 radical (unpaired) electrons. The Morgan fingerprint density at radius 1 is 0.591 bits per heavy atom. The largest absolute Gasteiger partial charge is 0.462 e. The van der Waals surface area contributed by atoms with E-state index in [9.17, 15) is 24.6 Å². The van der Waals surface area contributed by atoms with Crippen molar-refractivity contribution in [3.8, 4) is 0 Å². The van der Waals surface area contributed by atoms with E-state index in [-0.39, 0.29) is 19.4 Å². The van der Waals surface area contributed by atoms with Crippen LogP contribution < -0.4 is 0 Å². The quantitative estimate of drug-likeness (QED) is 0.0302. The maximum absolute atomic E-state index is 13.1. The van der Waals surface area contributed by atoms with E-state index < -0.39 is 29.2 Å². The highest BCUT2D eigenvalue weighted by molar-refractivity contribution is 9.09. The number of unbranched alkanes of at least 4 members (excludes halogenated alkanes) is 24. The van der Waals surface area contributed by atoms with Crippen molar-refractivity contribution in [2.75, 3.05) is 11.9 Å². The first kappa shape index (κ1) is 43.2. The number of ketones is 2. The summed E-state index contributed by atoms with van der Waals surface area (Å²) in [4.78, 5) is 38.8. The fraction of sp³-hybridized carbons (Fsp3) is 0.919. The van der Waals surface area contributed by atoms with Gasteiger partial charge in [-0.05, 0) is 12.8 Å². The zero-order valence-corrected chi connectivity index (χ0v) is 30.3. The van der Waals surface area contributed by atoms with E-state index in [0.717, 1.165) is 38.5 Å². The van der Waals surface area contributed by atoms with E-state index in [1.54, 1.807) is 0 Å². The number of Topliss-reactive ketones (excluding diaryl/α,β-unsaturated/α-hetero) is 2. The number of aliphatic hydroxyl groups is 2. The minimum Gasteiger partial charge on any atom is -0.462 e. The van der Waals surface area contributed by atoms with Gasteiger partial charge in [-0.15, -0.1) is 0 Å². The summed E-state index contributed by atoms with van der Waals surface area (Å²) in [5, 5.41) is 21.9. The minimum atomic E-state index is -2.94. The number of halogens is 1. The van der Waals surface area contributed by atoms with Crippen LogP contribution in [-0.4, -0.2) is 51.4 Å². The molecule has 7 heteroatoms. The van der Waals surface area contributed by atoms with Crippen molar-refractivity contribution in [1.82, 2.24) is 0 Å². The Hall–Kier alpha value is -0.790. The number of aliphatic hydroxyl groups excluding tert-OH is 1. The van der Waals surface area contributed by atoms with Gasteiger partial charge in [-0.25, -0.2) is 4.79 Å². The van der Waals surface area contributed by atoms with Gasteiger partial charge in [0.15, 0.2) is 5.78 Å². The molecule has 0 amide bonds. The van der Waals surface area contributed by atoms with Crippen molar-refractivity contribution >= 4 is 33.5 Å². The number of carbonyl (C=O) groups is 3. The van der Waals surface area contributed by atoms with Crippen LogP contribution in [0.3, 0.4) is 0 Å². The lowest BCUT2D eigenvalue weighted by atomic mass is 9.85. The molecule has 0 saturated heterocycles. The maximum Gasteiger partial charge on any atom is 0.354 e. The molecular weight excluding hydrogens is 620 g/mol. The third kappa shape index (κ3) is 21.9. The summed E-state index contributed by atoms with van der Waals surface area (Å²) in [5.41, 5.74) is -2.94. The Bertz CT molecular complexity index is 699. The Balaban J connectivity index is 4.33. The summed E-state index contributed by atoms with van der Waals surface area (Å²) in [6.45, 7) is 4.40. The molecule has 0 aromatic rings. The van der Waals surface area contributed by atoms with Gasteiger partial charge < -0.3 is 14.9 Å². The highest BCUT2D eigenvalue weighted by Gasteiger charge is 2.53. The number of hydrogen-bond donors (Lipinski definition) is 2. The molecule has 0 fully saturated rings. The third-order valence-electron chi connectivity index (χ3n) is 8.76. The van der Waals surface area contributed by atoms with E-state index in [1.165, 1.54) is 116 Å². The average molecular weight is 690 g/mol. The molecule has 2 unspecified atom stereocenters. The first-order chi connectivity index (χ1) is 21.4. The van der Waals surface area contributed by atoms with Gasteiger partial charge in [0.25, 0.3) is 5.60 Å². The van der Waals surface area contributed by atoms with Crippen molar-refractivity contribution in [3.63, 3.8) is 0 Å². The van der Waals surface area contributed by atoms with Gasteiger partial charge in [-0.2, -0.15) is 0 Å². The molecule has 0 aliphatic heterocycles. The minimum absolute atomic E-state index is 0.0740. The second-order valence-electron chi connectivity index (χ2n) is 12.9. The fourth-order valence-corrected chi connectivity index (χ4v) is 5.96. The Kier molecular flexibility index (Phi) is 30.3. The van der Waals surface area contributed by atoms with Crippen molar-refractivity contribution in [3.05, 3.63) is 0 Å². The molecule has 0 aliphatic carbocycles. The van der Waals surface area contributed by atoms with Gasteiger partial charge >= 0.3 is 5.97 Å². The number of rotatable bonds is 34.